The lowest BCUT2D eigenvalue weighted by molar-refractivity contribution is -0.0111. The summed E-state index contributed by atoms with van der Waals surface area (Å²) < 4.78 is 2.09. The lowest BCUT2D eigenvalue weighted by Crippen LogP contribution is -2.59. The van der Waals surface area contributed by atoms with E-state index < -0.39 is 0 Å². The molecule has 4 nitrogen and oxygen atoms in total. The lowest BCUT2D eigenvalue weighted by Gasteiger charge is -2.51. The van der Waals surface area contributed by atoms with Crippen molar-refractivity contribution in [3.8, 4) is 0 Å². The van der Waals surface area contributed by atoms with Crippen LogP contribution in [0.5, 0.6) is 0 Å². The molecule has 1 N–H and O–H groups in total. The highest BCUT2D eigenvalue weighted by atomic mass is 15.3. The summed E-state index contributed by atoms with van der Waals surface area (Å²) in [5.41, 5.74) is 0. The zero-order valence-electron chi connectivity index (χ0n) is 13.5. The van der Waals surface area contributed by atoms with Gasteiger partial charge < -0.3 is 5.32 Å². The first kappa shape index (κ1) is 15.0. The predicted octanol–water partition coefficient (Wildman–Crippen LogP) is 2.66. The summed E-state index contributed by atoms with van der Waals surface area (Å²) in [4.78, 5) is 2.81. The van der Waals surface area contributed by atoms with Crippen molar-refractivity contribution in [2.75, 3.05) is 6.54 Å². The van der Waals surface area contributed by atoms with Crippen molar-refractivity contribution in [3.63, 3.8) is 0 Å². The molecule has 0 aromatic carbocycles. The zero-order chi connectivity index (χ0) is 14.7. The van der Waals surface area contributed by atoms with Crippen LogP contribution in [0.4, 0.5) is 0 Å². The molecule has 0 aliphatic carbocycles. The maximum absolute atomic E-state index is 4.38. The molecule has 0 radical (unpaired) electrons. The lowest BCUT2D eigenvalue weighted by atomic mass is 9.80. The van der Waals surface area contributed by atoms with E-state index in [2.05, 4.69) is 40.0 Å². The van der Waals surface area contributed by atoms with Crippen LogP contribution in [0.25, 0.3) is 0 Å². The summed E-state index contributed by atoms with van der Waals surface area (Å²) >= 11 is 0. The van der Waals surface area contributed by atoms with Gasteiger partial charge in [0.15, 0.2) is 0 Å². The average Bonchev–Trinajstić information content (AvgIpc) is 2.96. The topological polar surface area (TPSA) is 33.1 Å². The Morgan fingerprint density at radius 1 is 1.29 bits per heavy atom. The Bertz CT molecular complexity index is 402. The molecule has 3 heterocycles. The number of hydrogen-bond acceptors (Lipinski definition) is 3. The van der Waals surface area contributed by atoms with Crippen LogP contribution in [0.3, 0.4) is 0 Å². The third-order valence-electron chi connectivity index (χ3n) is 5.23. The van der Waals surface area contributed by atoms with Gasteiger partial charge >= 0.3 is 0 Å². The van der Waals surface area contributed by atoms with E-state index in [1.54, 1.807) is 0 Å². The number of piperidine rings is 2. The van der Waals surface area contributed by atoms with Gasteiger partial charge in [-0.15, -0.1) is 0 Å². The molecule has 2 saturated heterocycles. The minimum atomic E-state index is 0.590. The minimum absolute atomic E-state index is 0.590. The Morgan fingerprint density at radius 2 is 2.05 bits per heavy atom. The van der Waals surface area contributed by atoms with Crippen molar-refractivity contribution in [2.24, 2.45) is 0 Å². The van der Waals surface area contributed by atoms with Crippen molar-refractivity contribution in [3.05, 3.63) is 18.5 Å². The van der Waals surface area contributed by atoms with E-state index in [-0.39, 0.29) is 0 Å². The molecule has 0 spiro atoms. The van der Waals surface area contributed by atoms with Crippen molar-refractivity contribution in [2.45, 2.75) is 83.1 Å². The third kappa shape index (κ3) is 3.49. The molecule has 4 heteroatoms. The van der Waals surface area contributed by atoms with E-state index in [0.29, 0.717) is 6.04 Å². The standard InChI is InChI=1S/C17H30N4/c1-3-8-18-15-11-16-6-4-7-17(12-15)21(16)14(2)13-20-10-5-9-19-20/h5,9-10,14-18H,3-4,6-8,11-13H2,1-2H3. The molecule has 118 valence electrons. The molecule has 2 aliphatic rings. The normalized spacial score (nSPS) is 31.2. The first-order valence-corrected chi connectivity index (χ1v) is 8.76. The van der Waals surface area contributed by atoms with E-state index in [4.69, 9.17) is 0 Å². The van der Waals surface area contributed by atoms with Crippen LogP contribution in [0.15, 0.2) is 18.5 Å². The van der Waals surface area contributed by atoms with Gasteiger partial charge in [0.1, 0.15) is 0 Å². The van der Waals surface area contributed by atoms with E-state index in [1.807, 2.05) is 12.3 Å². The van der Waals surface area contributed by atoms with Crippen LogP contribution in [-0.2, 0) is 6.54 Å². The Labute approximate surface area is 128 Å². The van der Waals surface area contributed by atoms with Gasteiger partial charge in [-0.25, -0.2) is 0 Å². The van der Waals surface area contributed by atoms with Crippen LogP contribution in [-0.4, -0.2) is 45.4 Å². The largest absolute Gasteiger partial charge is 0.314 e. The van der Waals surface area contributed by atoms with E-state index in [0.717, 1.165) is 24.7 Å². The first-order valence-electron chi connectivity index (χ1n) is 8.76. The summed E-state index contributed by atoms with van der Waals surface area (Å²) in [7, 11) is 0. The fourth-order valence-electron chi connectivity index (χ4n) is 4.43. The highest BCUT2D eigenvalue weighted by molar-refractivity contribution is 4.97. The van der Waals surface area contributed by atoms with Crippen molar-refractivity contribution >= 4 is 0 Å². The quantitative estimate of drug-likeness (QED) is 0.874. The van der Waals surface area contributed by atoms with Gasteiger partial charge in [-0.2, -0.15) is 5.10 Å². The molecule has 2 bridgehead atoms. The third-order valence-corrected chi connectivity index (χ3v) is 5.23. The van der Waals surface area contributed by atoms with Crippen molar-refractivity contribution < 1.29 is 0 Å². The molecule has 0 amide bonds. The number of nitrogens with zero attached hydrogens (tertiary/aromatic N) is 3. The second-order valence-electron chi connectivity index (χ2n) is 6.89. The van der Waals surface area contributed by atoms with Gasteiger partial charge in [-0.1, -0.05) is 13.3 Å². The predicted molar refractivity (Wildman–Crippen MR) is 86.3 cm³/mol. The highest BCUT2D eigenvalue weighted by Crippen LogP contribution is 2.35. The molecule has 2 fully saturated rings. The summed E-state index contributed by atoms with van der Waals surface area (Å²) in [6.45, 7) is 6.84. The fraction of sp³-hybridized carbons (Fsp3) is 0.824. The van der Waals surface area contributed by atoms with E-state index in [9.17, 15) is 0 Å². The van der Waals surface area contributed by atoms with Crippen LogP contribution in [0, 0.1) is 0 Å². The van der Waals surface area contributed by atoms with E-state index >= 15 is 0 Å². The Kier molecular flexibility index (Phi) is 4.96. The minimum Gasteiger partial charge on any atom is -0.314 e. The molecule has 1 aromatic rings. The SMILES string of the molecule is CCCNC1CC2CCCC(C1)N2C(C)Cn1cccn1. The second kappa shape index (κ2) is 6.93. The smallest absolute Gasteiger partial charge is 0.0562 e. The fourth-order valence-corrected chi connectivity index (χ4v) is 4.43. The van der Waals surface area contributed by atoms with Crippen LogP contribution < -0.4 is 5.32 Å². The van der Waals surface area contributed by atoms with Gasteiger partial charge in [0.25, 0.3) is 0 Å². The maximum atomic E-state index is 4.38. The van der Waals surface area contributed by atoms with Crippen molar-refractivity contribution in [1.29, 1.82) is 0 Å². The van der Waals surface area contributed by atoms with Crippen molar-refractivity contribution in [1.82, 2.24) is 20.0 Å². The van der Waals surface area contributed by atoms with Gasteiger partial charge in [0, 0.05) is 36.6 Å². The molecular weight excluding hydrogens is 260 g/mol. The maximum Gasteiger partial charge on any atom is 0.0562 e. The number of aromatic nitrogens is 2. The Balaban J connectivity index is 1.63. The average molecular weight is 290 g/mol. The Morgan fingerprint density at radius 3 is 2.67 bits per heavy atom. The van der Waals surface area contributed by atoms with Crippen LogP contribution in [0.2, 0.25) is 0 Å². The molecule has 1 aromatic heterocycles. The van der Waals surface area contributed by atoms with Crippen LogP contribution >= 0.6 is 0 Å². The summed E-state index contributed by atoms with van der Waals surface area (Å²) in [6, 6.07) is 4.91. The number of hydrogen-bond donors (Lipinski definition) is 1. The Hall–Kier alpha value is -0.870. The van der Waals surface area contributed by atoms with E-state index in [1.165, 1.54) is 45.1 Å². The molecule has 0 saturated carbocycles. The summed E-state index contributed by atoms with van der Waals surface area (Å²) in [6.07, 6.45) is 12.1. The number of rotatable bonds is 6. The van der Waals surface area contributed by atoms with Gasteiger partial charge in [0.2, 0.25) is 0 Å². The van der Waals surface area contributed by atoms with Gasteiger partial charge in [0.05, 0.1) is 6.54 Å². The summed E-state index contributed by atoms with van der Waals surface area (Å²) in [5, 5.41) is 8.14. The number of nitrogens with one attached hydrogen (secondary N) is 1. The molecule has 3 unspecified atom stereocenters. The molecule has 2 aliphatic heterocycles. The molecule has 3 rings (SSSR count). The van der Waals surface area contributed by atoms with Gasteiger partial charge in [-0.3, -0.25) is 9.58 Å². The molecular formula is C17H30N4. The molecule has 21 heavy (non-hydrogen) atoms. The highest BCUT2D eigenvalue weighted by Gasteiger charge is 2.40. The molecule has 3 atom stereocenters. The monoisotopic (exact) mass is 290 g/mol. The van der Waals surface area contributed by atoms with Gasteiger partial charge in [-0.05, 0) is 51.6 Å². The summed E-state index contributed by atoms with van der Waals surface area (Å²) in [5.74, 6) is 0. The van der Waals surface area contributed by atoms with Crippen LogP contribution in [0.1, 0.15) is 52.4 Å². The zero-order valence-corrected chi connectivity index (χ0v) is 13.5. The first-order chi connectivity index (χ1) is 10.3. The second-order valence-corrected chi connectivity index (χ2v) is 6.89. The number of fused-ring (bicyclic) bond motifs is 2.